The van der Waals surface area contributed by atoms with Gasteiger partial charge >= 0.3 is 5.97 Å². The summed E-state index contributed by atoms with van der Waals surface area (Å²) in [6.45, 7) is 0. The third-order valence-corrected chi connectivity index (χ3v) is 6.45. The molecule has 2 aromatic carbocycles. The number of esters is 1. The summed E-state index contributed by atoms with van der Waals surface area (Å²) in [5.41, 5.74) is 4.70. The molecule has 0 bridgehead atoms. The molecule has 1 saturated carbocycles. The highest BCUT2D eigenvalue weighted by Crippen LogP contribution is 2.46. The summed E-state index contributed by atoms with van der Waals surface area (Å²) in [5, 5.41) is 10.9. The number of hydrogen-bond donors (Lipinski definition) is 1. The molecule has 0 amide bonds. The number of aromatic nitrogens is 1. The predicted molar refractivity (Wildman–Crippen MR) is 121 cm³/mol. The zero-order valence-corrected chi connectivity index (χ0v) is 18.3. The predicted octanol–water partition coefficient (Wildman–Crippen LogP) is 5.76. The Kier molecular flexibility index (Phi) is 5.36. The number of halogens is 2. The number of nitrogens with zero attached hydrogens (tertiary/aromatic N) is 1. The molecule has 1 aromatic heterocycles. The fourth-order valence-electron chi connectivity index (χ4n) is 4.20. The van der Waals surface area contributed by atoms with Crippen molar-refractivity contribution >= 4 is 38.9 Å². The van der Waals surface area contributed by atoms with E-state index in [2.05, 4.69) is 15.9 Å². The fraction of sp³-hybridized carbons (Fsp3) is 0.280. The van der Waals surface area contributed by atoms with E-state index in [1.807, 2.05) is 36.4 Å². The molecule has 0 radical (unpaired) electrons. The Bertz CT molecular complexity index is 1200. The molecule has 4 nitrogen and oxygen atoms in total. The average molecular weight is 482 g/mol. The third kappa shape index (κ3) is 4.14. The number of benzene rings is 2. The van der Waals surface area contributed by atoms with Crippen LogP contribution in [-0.2, 0) is 9.53 Å². The number of hydrogen-bond acceptors (Lipinski definition) is 4. The smallest absolute Gasteiger partial charge is 0.309 e. The van der Waals surface area contributed by atoms with Crippen molar-refractivity contribution in [2.45, 2.75) is 43.8 Å². The van der Waals surface area contributed by atoms with Crippen molar-refractivity contribution < 1.29 is 19.0 Å². The highest BCUT2D eigenvalue weighted by Gasteiger charge is 2.30. The van der Waals surface area contributed by atoms with Gasteiger partial charge in [-0.25, -0.2) is 4.39 Å². The second kappa shape index (κ2) is 8.17. The normalized spacial score (nSPS) is 21.6. The van der Waals surface area contributed by atoms with Crippen LogP contribution in [0, 0.1) is 5.82 Å². The van der Waals surface area contributed by atoms with Crippen LogP contribution in [0.3, 0.4) is 0 Å². The zero-order chi connectivity index (χ0) is 21.5. The second-order valence-electron chi connectivity index (χ2n) is 8.18. The molecule has 2 atom stereocenters. The van der Waals surface area contributed by atoms with Gasteiger partial charge in [-0.2, -0.15) is 0 Å². The Morgan fingerprint density at radius 3 is 2.74 bits per heavy atom. The van der Waals surface area contributed by atoms with Crippen LogP contribution in [-0.4, -0.2) is 28.3 Å². The van der Waals surface area contributed by atoms with Gasteiger partial charge < -0.3 is 9.84 Å². The van der Waals surface area contributed by atoms with Crippen molar-refractivity contribution in [1.29, 1.82) is 0 Å². The van der Waals surface area contributed by atoms with Crippen molar-refractivity contribution in [2.24, 2.45) is 0 Å². The van der Waals surface area contributed by atoms with E-state index in [9.17, 15) is 14.3 Å². The molecular weight excluding hydrogens is 461 g/mol. The molecule has 0 unspecified atom stereocenters. The number of carbonyl (C=O) groups is 1. The molecule has 3 aromatic rings. The first kappa shape index (κ1) is 20.3. The van der Waals surface area contributed by atoms with Gasteiger partial charge in [0.05, 0.1) is 23.7 Å². The minimum Gasteiger partial charge on any atom is -0.458 e. The molecule has 31 heavy (non-hydrogen) atoms. The topological polar surface area (TPSA) is 59.4 Å². The largest absolute Gasteiger partial charge is 0.458 e. The van der Waals surface area contributed by atoms with Gasteiger partial charge in [-0.15, -0.1) is 0 Å². The highest BCUT2D eigenvalue weighted by molar-refractivity contribution is 9.10. The standard InChI is InChI=1S/C25H21BrFNO3/c26-21-11-15(27)7-9-18(21)24-19-3-1-2-4-22(19)28-25(14-5-6-14)20(24)10-8-17-12-16(29)13-23(30)31-17/h1-4,7-11,14,16-17,29H,5-6,12-13H2/t16-,17-/m1/s1. The molecule has 158 valence electrons. The van der Waals surface area contributed by atoms with Crippen molar-refractivity contribution in [2.75, 3.05) is 0 Å². The van der Waals surface area contributed by atoms with Gasteiger partial charge in [0.2, 0.25) is 0 Å². The van der Waals surface area contributed by atoms with Gasteiger partial charge in [-0.3, -0.25) is 9.78 Å². The Labute approximate surface area is 187 Å². The molecule has 5 rings (SSSR count). The van der Waals surface area contributed by atoms with Crippen LogP contribution in [0.5, 0.6) is 0 Å². The summed E-state index contributed by atoms with van der Waals surface area (Å²) < 4.78 is 19.9. The fourth-order valence-corrected chi connectivity index (χ4v) is 4.74. The number of carbonyl (C=O) groups excluding carboxylic acids is 1. The lowest BCUT2D eigenvalue weighted by atomic mass is 9.92. The lowest BCUT2D eigenvalue weighted by Gasteiger charge is -2.24. The van der Waals surface area contributed by atoms with Crippen molar-refractivity contribution in [3.8, 4) is 11.1 Å². The maximum Gasteiger partial charge on any atom is 0.309 e. The van der Waals surface area contributed by atoms with Gasteiger partial charge in [-0.05, 0) is 42.7 Å². The maximum atomic E-state index is 13.8. The average Bonchev–Trinajstić information content (AvgIpc) is 3.56. The summed E-state index contributed by atoms with van der Waals surface area (Å²) in [7, 11) is 0. The van der Waals surface area contributed by atoms with E-state index in [0.29, 0.717) is 16.8 Å². The van der Waals surface area contributed by atoms with E-state index in [0.717, 1.165) is 46.1 Å². The van der Waals surface area contributed by atoms with Gasteiger partial charge in [0, 0.05) is 33.3 Å². The summed E-state index contributed by atoms with van der Waals surface area (Å²) >= 11 is 3.54. The van der Waals surface area contributed by atoms with Crippen LogP contribution in [0.25, 0.3) is 28.1 Å². The first-order valence-electron chi connectivity index (χ1n) is 10.4. The first-order valence-corrected chi connectivity index (χ1v) is 11.2. The van der Waals surface area contributed by atoms with Gasteiger partial charge in [0.15, 0.2) is 0 Å². The van der Waals surface area contributed by atoms with E-state index in [1.165, 1.54) is 12.1 Å². The molecular formula is C25H21BrFNO3. The van der Waals surface area contributed by atoms with Crippen LogP contribution in [0.4, 0.5) is 4.39 Å². The Balaban J connectivity index is 1.71. The molecule has 1 N–H and O–H groups in total. The molecule has 1 aliphatic carbocycles. The lowest BCUT2D eigenvalue weighted by molar-refractivity contribution is -0.156. The third-order valence-electron chi connectivity index (χ3n) is 5.79. The molecule has 6 heteroatoms. The molecule has 1 aliphatic heterocycles. The minimum absolute atomic E-state index is 0.0307. The van der Waals surface area contributed by atoms with E-state index >= 15 is 0 Å². The van der Waals surface area contributed by atoms with Crippen molar-refractivity contribution in [3.63, 3.8) is 0 Å². The summed E-state index contributed by atoms with van der Waals surface area (Å²) in [5.74, 6) is -0.327. The van der Waals surface area contributed by atoms with Crippen molar-refractivity contribution in [1.82, 2.24) is 4.98 Å². The maximum absolute atomic E-state index is 13.8. The first-order chi connectivity index (χ1) is 15.0. The Morgan fingerprint density at radius 2 is 2.00 bits per heavy atom. The van der Waals surface area contributed by atoms with E-state index in [4.69, 9.17) is 9.72 Å². The van der Waals surface area contributed by atoms with Gasteiger partial charge in [-0.1, -0.05) is 46.3 Å². The Morgan fingerprint density at radius 1 is 1.19 bits per heavy atom. The SMILES string of the molecule is O=C1C[C@H](O)C[C@@H](C=Cc2c(C3CC3)nc3ccccc3c2-c2ccc(F)cc2Br)O1. The number of aliphatic hydroxyl groups excluding tert-OH is 1. The molecule has 1 saturated heterocycles. The van der Waals surface area contributed by atoms with Gasteiger partial charge in [0.1, 0.15) is 11.9 Å². The molecule has 2 heterocycles. The zero-order valence-electron chi connectivity index (χ0n) is 16.7. The summed E-state index contributed by atoms with van der Waals surface area (Å²) in [6, 6.07) is 12.6. The highest BCUT2D eigenvalue weighted by atomic mass is 79.9. The van der Waals surface area contributed by atoms with E-state index in [-0.39, 0.29) is 12.2 Å². The van der Waals surface area contributed by atoms with Gasteiger partial charge in [0.25, 0.3) is 0 Å². The number of pyridine rings is 1. The molecule has 2 aliphatic rings. The van der Waals surface area contributed by atoms with E-state index < -0.39 is 18.2 Å². The number of aliphatic hydroxyl groups is 1. The van der Waals surface area contributed by atoms with Crippen LogP contribution < -0.4 is 0 Å². The van der Waals surface area contributed by atoms with E-state index in [1.54, 1.807) is 6.07 Å². The van der Waals surface area contributed by atoms with Crippen LogP contribution >= 0.6 is 15.9 Å². The van der Waals surface area contributed by atoms with Crippen molar-refractivity contribution in [3.05, 3.63) is 70.1 Å². The molecule has 2 fully saturated rings. The number of cyclic esters (lactones) is 1. The molecule has 0 spiro atoms. The number of rotatable bonds is 4. The van der Waals surface area contributed by atoms with Crippen LogP contribution in [0.1, 0.15) is 42.9 Å². The lowest BCUT2D eigenvalue weighted by Crippen LogP contribution is -2.31. The van der Waals surface area contributed by atoms with Crippen LogP contribution in [0.15, 0.2) is 53.0 Å². The minimum atomic E-state index is -0.695. The van der Waals surface area contributed by atoms with Crippen LogP contribution in [0.2, 0.25) is 0 Å². The number of para-hydroxylation sites is 1. The Hall–Kier alpha value is -2.57. The summed E-state index contributed by atoms with van der Waals surface area (Å²) in [6.07, 6.45) is 5.16. The monoisotopic (exact) mass is 481 g/mol. The second-order valence-corrected chi connectivity index (χ2v) is 9.04. The quantitative estimate of drug-likeness (QED) is 0.481. The summed E-state index contributed by atoms with van der Waals surface area (Å²) in [4.78, 5) is 16.7. The number of ether oxygens (including phenoxy) is 1. The number of fused-ring (bicyclic) bond motifs is 1.